The first-order chi connectivity index (χ1) is 13.7. The fourth-order valence-corrected chi connectivity index (χ4v) is 3.73. The Balaban J connectivity index is 2.10. The van der Waals surface area contributed by atoms with Crippen LogP contribution in [0.3, 0.4) is 0 Å². The molecule has 7 nitrogen and oxygen atoms in total. The summed E-state index contributed by atoms with van der Waals surface area (Å²) in [7, 11) is 0. The number of aliphatic imine (C=N–C) groups is 1. The highest BCUT2D eigenvalue weighted by Crippen LogP contribution is 2.35. The topological polar surface area (TPSA) is 93.3 Å². The number of benzene rings is 2. The molecular formula is C20H18Br2N4O3. The smallest absolute Gasteiger partial charge is 0.295 e. The molecule has 0 saturated heterocycles. The SMILES string of the molecule is CCc1cc(Br)cc([N+](=O)[O-])c1N=Cc1c(C)[nH]n(-c2ccc(Br)c(C)c2)c1=O. The van der Waals surface area contributed by atoms with E-state index in [2.05, 4.69) is 42.0 Å². The largest absolute Gasteiger partial charge is 0.296 e. The Hall–Kier alpha value is -2.52. The van der Waals surface area contributed by atoms with Crippen LogP contribution in [-0.2, 0) is 6.42 Å². The van der Waals surface area contributed by atoms with E-state index in [1.807, 2.05) is 32.0 Å². The van der Waals surface area contributed by atoms with E-state index in [0.717, 1.165) is 15.6 Å². The predicted molar refractivity (Wildman–Crippen MR) is 121 cm³/mol. The molecule has 1 heterocycles. The highest BCUT2D eigenvalue weighted by molar-refractivity contribution is 9.10. The zero-order valence-corrected chi connectivity index (χ0v) is 19.2. The maximum atomic E-state index is 12.9. The number of nitrogens with one attached hydrogen (secondary N) is 1. The van der Waals surface area contributed by atoms with Crippen LogP contribution in [0.5, 0.6) is 0 Å². The number of rotatable bonds is 5. The number of aromatic amines is 1. The van der Waals surface area contributed by atoms with Crippen LogP contribution in [0.15, 0.2) is 49.1 Å². The van der Waals surface area contributed by atoms with Crippen molar-refractivity contribution in [1.82, 2.24) is 9.78 Å². The van der Waals surface area contributed by atoms with Gasteiger partial charge in [-0.1, -0.05) is 38.8 Å². The monoisotopic (exact) mass is 520 g/mol. The van der Waals surface area contributed by atoms with E-state index in [-0.39, 0.29) is 16.9 Å². The second kappa shape index (κ2) is 8.46. The summed E-state index contributed by atoms with van der Waals surface area (Å²) in [5.41, 5.74) is 3.26. The van der Waals surface area contributed by atoms with Crippen LogP contribution in [0, 0.1) is 24.0 Å². The Labute approximate surface area is 183 Å². The number of hydrogen-bond acceptors (Lipinski definition) is 4. The van der Waals surface area contributed by atoms with Crippen molar-refractivity contribution in [3.63, 3.8) is 0 Å². The molecule has 9 heteroatoms. The molecule has 0 amide bonds. The highest BCUT2D eigenvalue weighted by Gasteiger charge is 2.19. The van der Waals surface area contributed by atoms with E-state index in [4.69, 9.17) is 0 Å². The number of aromatic nitrogens is 2. The fraction of sp³-hybridized carbons (Fsp3) is 0.200. The molecule has 0 aliphatic heterocycles. The van der Waals surface area contributed by atoms with Crippen LogP contribution in [-0.4, -0.2) is 20.9 Å². The first-order valence-electron chi connectivity index (χ1n) is 8.82. The molecular weight excluding hydrogens is 504 g/mol. The van der Waals surface area contributed by atoms with Crippen LogP contribution >= 0.6 is 31.9 Å². The average Bonchev–Trinajstić information content (AvgIpc) is 2.96. The lowest BCUT2D eigenvalue weighted by molar-refractivity contribution is -0.384. The summed E-state index contributed by atoms with van der Waals surface area (Å²) in [4.78, 5) is 28.3. The zero-order chi connectivity index (χ0) is 21.3. The molecule has 0 fully saturated rings. The van der Waals surface area contributed by atoms with E-state index >= 15 is 0 Å². The summed E-state index contributed by atoms with van der Waals surface area (Å²) in [6.45, 7) is 5.60. The molecule has 0 bridgehead atoms. The van der Waals surface area contributed by atoms with E-state index < -0.39 is 4.92 Å². The van der Waals surface area contributed by atoms with Crippen molar-refractivity contribution in [2.75, 3.05) is 0 Å². The molecule has 0 unspecified atom stereocenters. The van der Waals surface area contributed by atoms with Gasteiger partial charge in [0.05, 0.1) is 16.2 Å². The third-order valence-electron chi connectivity index (χ3n) is 4.55. The summed E-state index contributed by atoms with van der Waals surface area (Å²) >= 11 is 6.75. The normalized spacial score (nSPS) is 11.3. The molecule has 2 aromatic carbocycles. The van der Waals surface area contributed by atoms with E-state index in [1.54, 1.807) is 13.0 Å². The fourth-order valence-electron chi connectivity index (χ4n) is 2.99. The van der Waals surface area contributed by atoms with Gasteiger partial charge in [0, 0.05) is 26.9 Å². The Bertz CT molecular complexity index is 1200. The van der Waals surface area contributed by atoms with E-state index in [1.165, 1.54) is 17.0 Å². The molecule has 150 valence electrons. The molecule has 29 heavy (non-hydrogen) atoms. The standard InChI is InChI=1S/C20H18Br2N4O3/c1-4-13-8-14(21)9-18(26(28)29)19(13)23-10-16-12(3)24-25(20(16)27)15-5-6-17(22)11(2)7-15/h5-10,24H,4H2,1-3H3. The molecule has 0 aliphatic carbocycles. The van der Waals surface area contributed by atoms with Gasteiger partial charge in [0.2, 0.25) is 0 Å². The number of nitro benzene ring substituents is 1. The first kappa shape index (κ1) is 21.2. The minimum absolute atomic E-state index is 0.107. The predicted octanol–water partition coefficient (Wildman–Crippen LogP) is 5.53. The molecule has 0 saturated carbocycles. The molecule has 0 spiro atoms. The van der Waals surface area contributed by atoms with Gasteiger partial charge in [-0.2, -0.15) is 0 Å². The lowest BCUT2D eigenvalue weighted by Gasteiger charge is -2.05. The van der Waals surface area contributed by atoms with Gasteiger partial charge in [0.15, 0.2) is 0 Å². The number of halogens is 2. The maximum Gasteiger partial charge on any atom is 0.296 e. The van der Waals surface area contributed by atoms with Crippen LogP contribution < -0.4 is 5.56 Å². The number of aryl methyl sites for hydroxylation is 3. The van der Waals surface area contributed by atoms with Gasteiger partial charge in [0.1, 0.15) is 5.69 Å². The lowest BCUT2D eigenvalue weighted by Crippen LogP contribution is -2.17. The number of hydrogen-bond donors (Lipinski definition) is 1. The summed E-state index contributed by atoms with van der Waals surface area (Å²) in [5.74, 6) is 0. The summed E-state index contributed by atoms with van der Waals surface area (Å²) in [6, 6.07) is 8.80. The molecule has 1 N–H and O–H groups in total. The van der Waals surface area contributed by atoms with Crippen LogP contribution in [0.1, 0.15) is 29.3 Å². The van der Waals surface area contributed by atoms with Crippen molar-refractivity contribution in [1.29, 1.82) is 0 Å². The summed E-state index contributed by atoms with van der Waals surface area (Å²) in [5, 5.41) is 14.5. The van der Waals surface area contributed by atoms with Gasteiger partial charge in [0.25, 0.3) is 11.2 Å². The van der Waals surface area contributed by atoms with Crippen molar-refractivity contribution in [2.24, 2.45) is 4.99 Å². The van der Waals surface area contributed by atoms with Crippen LogP contribution in [0.25, 0.3) is 5.69 Å². The van der Waals surface area contributed by atoms with E-state index in [9.17, 15) is 14.9 Å². The average molecular weight is 522 g/mol. The summed E-state index contributed by atoms with van der Waals surface area (Å²) in [6.07, 6.45) is 1.97. The minimum atomic E-state index is -0.469. The van der Waals surface area contributed by atoms with Gasteiger partial charge in [-0.05, 0) is 55.7 Å². The number of H-pyrrole nitrogens is 1. The third-order valence-corrected chi connectivity index (χ3v) is 5.90. The minimum Gasteiger partial charge on any atom is -0.295 e. The van der Waals surface area contributed by atoms with Crippen molar-refractivity contribution in [3.05, 3.63) is 82.1 Å². The molecule has 0 aliphatic rings. The number of nitrogens with zero attached hydrogens (tertiary/aromatic N) is 3. The Kier molecular flexibility index (Phi) is 6.18. The number of nitro groups is 1. The van der Waals surface area contributed by atoms with Crippen LogP contribution in [0.4, 0.5) is 11.4 Å². The van der Waals surface area contributed by atoms with Gasteiger partial charge in [-0.15, -0.1) is 0 Å². The van der Waals surface area contributed by atoms with Gasteiger partial charge < -0.3 is 0 Å². The third kappa shape index (κ3) is 4.25. The quantitative estimate of drug-likeness (QED) is 0.272. The van der Waals surface area contributed by atoms with Crippen molar-refractivity contribution < 1.29 is 4.92 Å². The van der Waals surface area contributed by atoms with Crippen molar-refractivity contribution >= 4 is 49.4 Å². The van der Waals surface area contributed by atoms with Gasteiger partial charge in [-0.3, -0.25) is 20.0 Å². The Morgan fingerprint density at radius 3 is 2.59 bits per heavy atom. The second-order valence-electron chi connectivity index (χ2n) is 6.53. The molecule has 0 radical (unpaired) electrons. The second-order valence-corrected chi connectivity index (χ2v) is 8.30. The first-order valence-corrected chi connectivity index (χ1v) is 10.4. The van der Waals surface area contributed by atoms with Crippen molar-refractivity contribution in [2.45, 2.75) is 27.2 Å². The zero-order valence-electron chi connectivity index (χ0n) is 16.0. The van der Waals surface area contributed by atoms with Crippen LogP contribution in [0.2, 0.25) is 0 Å². The van der Waals surface area contributed by atoms with Crippen molar-refractivity contribution in [3.8, 4) is 5.69 Å². The van der Waals surface area contributed by atoms with E-state index in [0.29, 0.717) is 27.8 Å². The highest BCUT2D eigenvalue weighted by atomic mass is 79.9. The molecule has 0 atom stereocenters. The van der Waals surface area contributed by atoms with Gasteiger partial charge >= 0.3 is 0 Å². The van der Waals surface area contributed by atoms with Gasteiger partial charge in [-0.25, -0.2) is 9.67 Å². The molecule has 3 aromatic rings. The summed E-state index contributed by atoms with van der Waals surface area (Å²) < 4.78 is 3.01. The maximum absolute atomic E-state index is 12.9. The molecule has 1 aromatic heterocycles. The lowest BCUT2D eigenvalue weighted by atomic mass is 10.1. The Morgan fingerprint density at radius 2 is 1.97 bits per heavy atom. The molecule has 3 rings (SSSR count). The Morgan fingerprint density at radius 1 is 1.24 bits per heavy atom.